The number of hydrogen-bond acceptors (Lipinski definition) is 2. The number of aliphatic hydroxyl groups is 1. The number of nitrogens with two attached hydrogens (primary N) is 1. The van der Waals surface area contributed by atoms with E-state index in [9.17, 15) is 0 Å². The fourth-order valence-electron chi connectivity index (χ4n) is 1.38. The first-order valence-electron chi connectivity index (χ1n) is 3.78. The summed E-state index contributed by atoms with van der Waals surface area (Å²) < 4.78 is 0. The van der Waals surface area contributed by atoms with Crippen molar-refractivity contribution in [3.05, 3.63) is 30.0 Å². The Labute approximate surface area is 69.8 Å². The summed E-state index contributed by atoms with van der Waals surface area (Å²) in [5.41, 5.74) is 6.57. The molecule has 0 aliphatic carbocycles. The van der Waals surface area contributed by atoms with E-state index in [1.807, 2.05) is 24.4 Å². The van der Waals surface area contributed by atoms with Crippen molar-refractivity contribution in [1.29, 1.82) is 0 Å². The average molecular weight is 162 g/mol. The van der Waals surface area contributed by atoms with Crippen LogP contribution in [-0.4, -0.2) is 10.1 Å². The Morgan fingerprint density at radius 3 is 2.92 bits per heavy atom. The number of H-pyrrole nitrogens is 1. The van der Waals surface area contributed by atoms with Crippen LogP contribution in [0.2, 0.25) is 0 Å². The normalized spacial score (nSPS) is 10.8. The van der Waals surface area contributed by atoms with E-state index in [4.69, 9.17) is 10.8 Å². The average Bonchev–Trinajstić information content (AvgIpc) is 2.48. The summed E-state index contributed by atoms with van der Waals surface area (Å²) in [4.78, 5) is 2.92. The highest BCUT2D eigenvalue weighted by atomic mass is 16.3. The van der Waals surface area contributed by atoms with E-state index in [1.165, 1.54) is 0 Å². The third kappa shape index (κ3) is 0.871. The SMILES string of the molecule is Nc1[nH]cc2c(CO)cccc12. The highest BCUT2D eigenvalue weighted by Gasteiger charge is 2.02. The van der Waals surface area contributed by atoms with Crippen molar-refractivity contribution < 1.29 is 5.11 Å². The molecule has 1 heterocycles. The molecule has 4 N–H and O–H groups in total. The van der Waals surface area contributed by atoms with Crippen molar-refractivity contribution in [1.82, 2.24) is 4.98 Å². The molecule has 0 radical (unpaired) electrons. The van der Waals surface area contributed by atoms with E-state index in [0.717, 1.165) is 16.3 Å². The Hall–Kier alpha value is -1.48. The maximum atomic E-state index is 8.99. The monoisotopic (exact) mass is 162 g/mol. The molecule has 12 heavy (non-hydrogen) atoms. The molecule has 0 amide bonds. The Balaban J connectivity index is 2.81. The summed E-state index contributed by atoms with van der Waals surface area (Å²) in [7, 11) is 0. The van der Waals surface area contributed by atoms with Crippen LogP contribution in [0.5, 0.6) is 0 Å². The number of anilines is 1. The molecule has 2 aromatic rings. The topological polar surface area (TPSA) is 62.0 Å². The van der Waals surface area contributed by atoms with E-state index in [-0.39, 0.29) is 6.61 Å². The molecule has 2 rings (SSSR count). The minimum absolute atomic E-state index is 0.0502. The molecule has 0 spiro atoms. The van der Waals surface area contributed by atoms with Gasteiger partial charge in [0.25, 0.3) is 0 Å². The maximum Gasteiger partial charge on any atom is 0.108 e. The molecule has 1 aromatic heterocycles. The third-order valence-electron chi connectivity index (χ3n) is 2.03. The zero-order valence-corrected chi connectivity index (χ0v) is 6.54. The molecule has 0 aliphatic rings. The smallest absolute Gasteiger partial charge is 0.108 e. The van der Waals surface area contributed by atoms with Gasteiger partial charge in [-0.3, -0.25) is 0 Å². The number of aliphatic hydroxyl groups excluding tert-OH is 1. The van der Waals surface area contributed by atoms with Gasteiger partial charge in [-0.25, -0.2) is 0 Å². The first-order chi connectivity index (χ1) is 5.83. The molecule has 0 saturated carbocycles. The lowest BCUT2D eigenvalue weighted by Gasteiger charge is -1.97. The Morgan fingerprint density at radius 2 is 2.17 bits per heavy atom. The van der Waals surface area contributed by atoms with Crippen molar-refractivity contribution in [2.24, 2.45) is 0 Å². The molecule has 0 atom stereocenters. The summed E-state index contributed by atoms with van der Waals surface area (Å²) in [5, 5.41) is 11.0. The highest BCUT2D eigenvalue weighted by molar-refractivity contribution is 5.94. The fourth-order valence-corrected chi connectivity index (χ4v) is 1.38. The van der Waals surface area contributed by atoms with Gasteiger partial charge in [-0.1, -0.05) is 18.2 Å². The maximum absolute atomic E-state index is 8.99. The van der Waals surface area contributed by atoms with Crippen LogP contribution >= 0.6 is 0 Å². The molecule has 1 aromatic carbocycles. The van der Waals surface area contributed by atoms with Crippen molar-refractivity contribution in [3.63, 3.8) is 0 Å². The lowest BCUT2D eigenvalue weighted by molar-refractivity contribution is 0.283. The van der Waals surface area contributed by atoms with Gasteiger partial charge in [0.2, 0.25) is 0 Å². The second kappa shape index (κ2) is 2.53. The predicted octanol–water partition coefficient (Wildman–Crippen LogP) is 1.24. The van der Waals surface area contributed by atoms with Crippen LogP contribution in [0.25, 0.3) is 10.8 Å². The second-order valence-electron chi connectivity index (χ2n) is 2.74. The number of aromatic nitrogens is 1. The van der Waals surface area contributed by atoms with E-state index in [0.29, 0.717) is 5.82 Å². The molecule has 62 valence electrons. The molecule has 0 bridgehead atoms. The number of fused-ring (bicyclic) bond motifs is 1. The van der Waals surface area contributed by atoms with Crippen molar-refractivity contribution in [2.45, 2.75) is 6.61 Å². The van der Waals surface area contributed by atoms with Gasteiger partial charge in [0, 0.05) is 17.0 Å². The summed E-state index contributed by atoms with van der Waals surface area (Å²) in [6, 6.07) is 5.70. The summed E-state index contributed by atoms with van der Waals surface area (Å²) in [5.74, 6) is 0.653. The molecule has 3 heteroatoms. The van der Waals surface area contributed by atoms with Gasteiger partial charge in [-0.05, 0) is 5.56 Å². The highest BCUT2D eigenvalue weighted by Crippen LogP contribution is 2.23. The van der Waals surface area contributed by atoms with Gasteiger partial charge in [0.05, 0.1) is 6.61 Å². The van der Waals surface area contributed by atoms with Gasteiger partial charge >= 0.3 is 0 Å². The lowest BCUT2D eigenvalue weighted by Crippen LogP contribution is -1.85. The van der Waals surface area contributed by atoms with Crippen molar-refractivity contribution in [2.75, 3.05) is 5.73 Å². The zero-order chi connectivity index (χ0) is 8.55. The Bertz CT molecular complexity index is 406. The molecule has 0 aliphatic heterocycles. The van der Waals surface area contributed by atoms with Crippen LogP contribution in [0.3, 0.4) is 0 Å². The molecule has 0 unspecified atom stereocenters. The van der Waals surface area contributed by atoms with Crippen LogP contribution < -0.4 is 5.73 Å². The number of nitrogen functional groups attached to an aromatic ring is 1. The van der Waals surface area contributed by atoms with Gasteiger partial charge in [0.15, 0.2) is 0 Å². The number of benzene rings is 1. The number of hydrogen-bond donors (Lipinski definition) is 3. The zero-order valence-electron chi connectivity index (χ0n) is 6.54. The minimum Gasteiger partial charge on any atom is -0.392 e. The standard InChI is InChI=1S/C9H10N2O/c10-9-7-3-1-2-6(5-12)8(7)4-11-9/h1-4,11-12H,5,10H2. The van der Waals surface area contributed by atoms with Crippen LogP contribution in [0.15, 0.2) is 24.4 Å². The van der Waals surface area contributed by atoms with Gasteiger partial charge in [0.1, 0.15) is 5.82 Å². The van der Waals surface area contributed by atoms with Crippen LogP contribution in [0.4, 0.5) is 5.82 Å². The van der Waals surface area contributed by atoms with E-state index < -0.39 is 0 Å². The van der Waals surface area contributed by atoms with Gasteiger partial charge < -0.3 is 15.8 Å². The summed E-state index contributed by atoms with van der Waals surface area (Å²) in [6.07, 6.45) is 1.82. The van der Waals surface area contributed by atoms with Crippen molar-refractivity contribution in [3.8, 4) is 0 Å². The minimum atomic E-state index is 0.0502. The quantitative estimate of drug-likeness (QED) is 0.590. The summed E-state index contributed by atoms with van der Waals surface area (Å²) >= 11 is 0. The Kier molecular flexibility index (Phi) is 1.52. The van der Waals surface area contributed by atoms with Crippen LogP contribution in [0.1, 0.15) is 5.56 Å². The Morgan fingerprint density at radius 1 is 1.33 bits per heavy atom. The van der Waals surface area contributed by atoms with Crippen molar-refractivity contribution >= 4 is 16.6 Å². The second-order valence-corrected chi connectivity index (χ2v) is 2.74. The van der Waals surface area contributed by atoms with E-state index >= 15 is 0 Å². The van der Waals surface area contributed by atoms with E-state index in [1.54, 1.807) is 0 Å². The fraction of sp³-hybridized carbons (Fsp3) is 0.111. The lowest BCUT2D eigenvalue weighted by atomic mass is 10.1. The first kappa shape index (κ1) is 7.18. The molecular formula is C9H10N2O. The number of rotatable bonds is 1. The molecule has 3 nitrogen and oxygen atoms in total. The predicted molar refractivity (Wildman–Crippen MR) is 48.6 cm³/mol. The summed E-state index contributed by atoms with van der Waals surface area (Å²) in [6.45, 7) is 0.0502. The molecule has 0 fully saturated rings. The van der Waals surface area contributed by atoms with E-state index in [2.05, 4.69) is 4.98 Å². The number of nitrogens with one attached hydrogen (secondary N) is 1. The third-order valence-corrected chi connectivity index (χ3v) is 2.03. The van der Waals surface area contributed by atoms with Crippen LogP contribution in [0, 0.1) is 0 Å². The van der Waals surface area contributed by atoms with Gasteiger partial charge in [-0.2, -0.15) is 0 Å². The molecule has 0 saturated heterocycles. The van der Waals surface area contributed by atoms with Crippen LogP contribution in [-0.2, 0) is 6.61 Å². The largest absolute Gasteiger partial charge is 0.392 e. The number of aromatic amines is 1. The molecular weight excluding hydrogens is 152 g/mol. The first-order valence-corrected chi connectivity index (χ1v) is 3.78. The van der Waals surface area contributed by atoms with Gasteiger partial charge in [-0.15, -0.1) is 0 Å².